The molecule has 0 amide bonds. The van der Waals surface area contributed by atoms with E-state index in [0.717, 1.165) is 36.6 Å². The molecule has 0 bridgehead atoms. The summed E-state index contributed by atoms with van der Waals surface area (Å²) in [7, 11) is 0. The van der Waals surface area contributed by atoms with Crippen LogP contribution in [0.15, 0.2) is 48.7 Å². The molecule has 6 heteroatoms. The van der Waals surface area contributed by atoms with E-state index in [1.807, 2.05) is 19.1 Å². The molecule has 1 aromatic carbocycles. The van der Waals surface area contributed by atoms with Crippen LogP contribution in [0.1, 0.15) is 35.8 Å². The lowest BCUT2D eigenvalue weighted by Crippen LogP contribution is -2.25. The molecule has 0 saturated heterocycles. The van der Waals surface area contributed by atoms with Crippen LogP contribution in [-0.4, -0.2) is 35.9 Å². The van der Waals surface area contributed by atoms with Crippen LogP contribution in [-0.2, 0) is 4.74 Å². The van der Waals surface area contributed by atoms with Crippen LogP contribution >= 0.6 is 0 Å². The first-order valence-electron chi connectivity index (χ1n) is 9.31. The van der Waals surface area contributed by atoms with Crippen molar-refractivity contribution in [1.29, 1.82) is 0 Å². The van der Waals surface area contributed by atoms with Gasteiger partial charge in [-0.15, -0.1) is 5.10 Å². The number of carbonyl (C=O) groups is 1. The maximum Gasteiger partial charge on any atom is 0.338 e. The molecule has 2 aromatic rings. The number of hydrogen-bond acceptors (Lipinski definition) is 6. The minimum absolute atomic E-state index is 0.306. The average molecular weight is 367 g/mol. The van der Waals surface area contributed by atoms with Gasteiger partial charge in [-0.3, -0.25) is 0 Å². The zero-order valence-electron chi connectivity index (χ0n) is 15.8. The Kier molecular flexibility index (Phi) is 6.41. The van der Waals surface area contributed by atoms with Gasteiger partial charge in [-0.2, -0.15) is 5.10 Å². The number of anilines is 1. The molecule has 1 aromatic heterocycles. The Morgan fingerprint density at radius 3 is 2.63 bits per heavy atom. The monoisotopic (exact) mass is 367 g/mol. The lowest BCUT2D eigenvalue weighted by Gasteiger charge is -2.26. The molecule has 2 heterocycles. The van der Waals surface area contributed by atoms with E-state index >= 15 is 0 Å². The molecule has 1 atom stereocenters. The van der Waals surface area contributed by atoms with E-state index in [-0.39, 0.29) is 5.97 Å². The second kappa shape index (κ2) is 9.16. The summed E-state index contributed by atoms with van der Waals surface area (Å²) in [5, 5.41) is 8.34. The predicted octanol–water partition coefficient (Wildman–Crippen LogP) is 3.77. The van der Waals surface area contributed by atoms with Crippen molar-refractivity contribution in [3.8, 4) is 5.75 Å². The molecule has 0 spiro atoms. The van der Waals surface area contributed by atoms with Crippen LogP contribution in [0.3, 0.4) is 0 Å². The van der Waals surface area contributed by atoms with Gasteiger partial charge in [-0.05, 0) is 69.0 Å². The third-order valence-electron chi connectivity index (χ3n) is 4.48. The number of allylic oxidation sites excluding steroid dienone is 1. The topological polar surface area (TPSA) is 64.6 Å². The number of ether oxygens (including phenoxy) is 2. The maximum atomic E-state index is 11.6. The smallest absolute Gasteiger partial charge is 0.338 e. The Labute approximate surface area is 159 Å². The van der Waals surface area contributed by atoms with Crippen LogP contribution in [0.4, 0.5) is 5.82 Å². The van der Waals surface area contributed by atoms with E-state index in [1.54, 1.807) is 31.2 Å². The Hall–Kier alpha value is -2.89. The predicted molar refractivity (Wildman–Crippen MR) is 104 cm³/mol. The summed E-state index contributed by atoms with van der Waals surface area (Å²) in [5.41, 5.74) is 1.46. The molecule has 1 aliphatic rings. The second-order valence-corrected chi connectivity index (χ2v) is 6.50. The number of hydrogen-bond donors (Lipinski definition) is 0. The van der Waals surface area contributed by atoms with Gasteiger partial charge in [0, 0.05) is 12.7 Å². The van der Waals surface area contributed by atoms with E-state index in [1.165, 1.54) is 0 Å². The van der Waals surface area contributed by atoms with E-state index in [4.69, 9.17) is 9.47 Å². The largest absolute Gasteiger partial charge is 0.494 e. The molecule has 0 radical (unpaired) electrons. The fourth-order valence-corrected chi connectivity index (χ4v) is 2.91. The van der Waals surface area contributed by atoms with Crippen molar-refractivity contribution in [3.05, 3.63) is 59.9 Å². The SMILES string of the molecule is CCOC(=O)c1ccc(OCC[C@H]2C=CN(c3ccc(C)nn3)CC2)cc1. The molecule has 0 saturated carbocycles. The van der Waals surface area contributed by atoms with Gasteiger partial charge in [0.05, 0.1) is 24.5 Å². The first-order valence-corrected chi connectivity index (χ1v) is 9.31. The van der Waals surface area contributed by atoms with E-state index in [2.05, 4.69) is 27.4 Å². The second-order valence-electron chi connectivity index (χ2n) is 6.50. The van der Waals surface area contributed by atoms with Crippen molar-refractivity contribution in [2.24, 2.45) is 5.92 Å². The van der Waals surface area contributed by atoms with Crippen molar-refractivity contribution < 1.29 is 14.3 Å². The maximum absolute atomic E-state index is 11.6. The summed E-state index contributed by atoms with van der Waals surface area (Å²) in [4.78, 5) is 13.8. The molecular formula is C21H25N3O3. The summed E-state index contributed by atoms with van der Waals surface area (Å²) in [6.45, 7) is 5.66. The highest BCUT2D eigenvalue weighted by atomic mass is 16.5. The third kappa shape index (κ3) is 5.29. The van der Waals surface area contributed by atoms with Crippen LogP contribution < -0.4 is 9.64 Å². The van der Waals surface area contributed by atoms with Crippen molar-refractivity contribution in [2.45, 2.75) is 26.7 Å². The van der Waals surface area contributed by atoms with Gasteiger partial charge >= 0.3 is 5.97 Å². The molecule has 3 rings (SSSR count). The van der Waals surface area contributed by atoms with Gasteiger partial charge in [0.15, 0.2) is 5.82 Å². The zero-order chi connectivity index (χ0) is 19.1. The number of esters is 1. The van der Waals surface area contributed by atoms with Gasteiger partial charge in [0.1, 0.15) is 5.75 Å². The third-order valence-corrected chi connectivity index (χ3v) is 4.48. The first kappa shape index (κ1) is 18.9. The molecule has 0 unspecified atom stereocenters. The van der Waals surface area contributed by atoms with Gasteiger partial charge in [0.25, 0.3) is 0 Å². The summed E-state index contributed by atoms with van der Waals surface area (Å²) < 4.78 is 10.8. The summed E-state index contributed by atoms with van der Waals surface area (Å²) >= 11 is 0. The van der Waals surface area contributed by atoms with E-state index in [9.17, 15) is 4.79 Å². The lowest BCUT2D eigenvalue weighted by atomic mass is 9.99. The highest BCUT2D eigenvalue weighted by Crippen LogP contribution is 2.22. The zero-order valence-corrected chi connectivity index (χ0v) is 15.8. The van der Waals surface area contributed by atoms with E-state index < -0.39 is 0 Å². The van der Waals surface area contributed by atoms with Crippen molar-refractivity contribution in [2.75, 3.05) is 24.7 Å². The fourth-order valence-electron chi connectivity index (χ4n) is 2.91. The molecule has 0 fully saturated rings. The Morgan fingerprint density at radius 2 is 2.00 bits per heavy atom. The Bertz CT molecular complexity index is 772. The molecule has 0 aliphatic carbocycles. The van der Waals surface area contributed by atoms with Crippen LogP contribution in [0, 0.1) is 12.8 Å². The van der Waals surface area contributed by atoms with Gasteiger partial charge < -0.3 is 14.4 Å². The summed E-state index contributed by atoms with van der Waals surface area (Å²) in [6, 6.07) is 11.0. The Morgan fingerprint density at radius 1 is 1.19 bits per heavy atom. The molecule has 1 aliphatic heterocycles. The van der Waals surface area contributed by atoms with Crippen molar-refractivity contribution in [1.82, 2.24) is 10.2 Å². The molecule has 27 heavy (non-hydrogen) atoms. The van der Waals surface area contributed by atoms with Crippen LogP contribution in [0.5, 0.6) is 5.75 Å². The van der Waals surface area contributed by atoms with Gasteiger partial charge in [-0.1, -0.05) is 6.08 Å². The first-order chi connectivity index (χ1) is 13.2. The van der Waals surface area contributed by atoms with E-state index in [0.29, 0.717) is 24.7 Å². The number of benzene rings is 1. The van der Waals surface area contributed by atoms with Crippen LogP contribution in [0.2, 0.25) is 0 Å². The summed E-state index contributed by atoms with van der Waals surface area (Å²) in [6.07, 6.45) is 6.29. The highest BCUT2D eigenvalue weighted by Gasteiger charge is 2.15. The fraction of sp³-hybridized carbons (Fsp3) is 0.381. The molecule has 0 N–H and O–H groups in total. The minimum atomic E-state index is -0.306. The van der Waals surface area contributed by atoms with Crippen molar-refractivity contribution >= 4 is 11.8 Å². The molecule has 142 valence electrons. The van der Waals surface area contributed by atoms with Crippen LogP contribution in [0.25, 0.3) is 0 Å². The number of carbonyl (C=O) groups excluding carboxylic acids is 1. The van der Waals surface area contributed by atoms with Gasteiger partial charge in [-0.25, -0.2) is 4.79 Å². The quantitative estimate of drug-likeness (QED) is 0.694. The Balaban J connectivity index is 1.44. The molecule has 6 nitrogen and oxygen atoms in total. The minimum Gasteiger partial charge on any atom is -0.494 e. The number of rotatable bonds is 7. The van der Waals surface area contributed by atoms with Gasteiger partial charge in [0.2, 0.25) is 0 Å². The number of nitrogens with zero attached hydrogens (tertiary/aromatic N) is 3. The normalized spacial score (nSPS) is 16.2. The average Bonchev–Trinajstić information content (AvgIpc) is 2.70. The van der Waals surface area contributed by atoms with Crippen molar-refractivity contribution in [3.63, 3.8) is 0 Å². The number of aryl methyl sites for hydroxylation is 1. The number of aromatic nitrogens is 2. The standard InChI is InChI=1S/C21H25N3O3/c1-3-26-21(25)18-5-7-19(8-6-18)27-15-12-17-10-13-24(14-11-17)20-9-4-16(2)22-23-20/h4-10,13,17H,3,11-12,14-15H2,1-2H3/t17-/m0/s1. The highest BCUT2D eigenvalue weighted by molar-refractivity contribution is 5.89. The summed E-state index contributed by atoms with van der Waals surface area (Å²) in [5.74, 6) is 1.82. The lowest BCUT2D eigenvalue weighted by molar-refractivity contribution is 0.0526. The molecular weight excluding hydrogens is 342 g/mol.